The van der Waals surface area contributed by atoms with Crippen molar-refractivity contribution >= 4 is 33.9 Å². The molecule has 9 nitrogen and oxygen atoms in total. The van der Waals surface area contributed by atoms with Gasteiger partial charge >= 0.3 is 0 Å². The maximum absolute atomic E-state index is 13.9. The van der Waals surface area contributed by atoms with Crippen LogP contribution < -0.4 is 10.6 Å². The van der Waals surface area contributed by atoms with Crippen molar-refractivity contribution < 1.29 is 17.9 Å². The van der Waals surface area contributed by atoms with E-state index in [4.69, 9.17) is 16.3 Å². The molecule has 13 heteroatoms. The highest BCUT2D eigenvalue weighted by atomic mass is 35.5. The van der Waals surface area contributed by atoms with Crippen molar-refractivity contribution in [1.82, 2.24) is 25.0 Å². The van der Waals surface area contributed by atoms with Crippen LogP contribution in [-0.2, 0) is 10.3 Å². The molecule has 1 saturated carbocycles. The fourth-order valence-electron chi connectivity index (χ4n) is 5.52. The first-order chi connectivity index (χ1) is 20.0. The molecule has 218 valence electrons. The molecular formula is C29H28ClF3N8O. The Hall–Kier alpha value is -3.95. The molecule has 2 fully saturated rings. The lowest BCUT2D eigenvalue weighted by Gasteiger charge is -2.28. The van der Waals surface area contributed by atoms with Gasteiger partial charge in [0, 0.05) is 35.1 Å². The molecule has 0 spiro atoms. The Morgan fingerprint density at radius 1 is 1.24 bits per heavy atom. The number of ether oxygens (including phenoxy) is 1. The Balaban J connectivity index is 1.44. The largest absolute Gasteiger partial charge is 0.378 e. The van der Waals surface area contributed by atoms with E-state index in [1.165, 1.54) is 23.1 Å². The molecule has 1 aliphatic heterocycles. The number of nitrogens with one attached hydrogen (secondary N) is 2. The van der Waals surface area contributed by atoms with Gasteiger partial charge in [0.05, 0.1) is 45.7 Å². The number of rotatable bonds is 8. The first-order valence-corrected chi connectivity index (χ1v) is 13.9. The molecule has 4 aromatic rings. The van der Waals surface area contributed by atoms with Crippen LogP contribution in [0.25, 0.3) is 10.9 Å². The standard InChI is InChI=1S/C29H28ClF3N8O/c1-15-18(4-5-23(31)36-15)26(21-14-41(40-39-21)29(7-8-29)27(32)33)37-17-10-19-24(38-22-6-9-42-28(22,2)3)16(12-34)13-35-25(19)20(30)11-17/h4-5,10-11,13-14,22,26-27,37H,6-9H2,1-3H3,(H,35,38)/t22-,26?/m0/s1. The summed E-state index contributed by atoms with van der Waals surface area (Å²) in [6.45, 7) is 6.22. The van der Waals surface area contributed by atoms with Gasteiger partial charge in [0.15, 0.2) is 0 Å². The Labute approximate surface area is 245 Å². The van der Waals surface area contributed by atoms with Crippen LogP contribution >= 0.6 is 11.6 Å². The Kier molecular flexibility index (Phi) is 6.98. The summed E-state index contributed by atoms with van der Waals surface area (Å²) in [5.74, 6) is -0.647. The van der Waals surface area contributed by atoms with Crippen molar-refractivity contribution in [1.29, 1.82) is 5.26 Å². The summed E-state index contributed by atoms with van der Waals surface area (Å²) in [6.07, 6.45) is 1.74. The highest BCUT2D eigenvalue weighted by Gasteiger charge is 2.54. The zero-order valence-corrected chi connectivity index (χ0v) is 23.9. The Bertz CT molecular complexity index is 1720. The first-order valence-electron chi connectivity index (χ1n) is 13.6. The quantitative estimate of drug-likeness (QED) is 0.234. The van der Waals surface area contributed by atoms with Crippen molar-refractivity contribution in [3.8, 4) is 6.07 Å². The van der Waals surface area contributed by atoms with Crippen LogP contribution in [0.5, 0.6) is 0 Å². The van der Waals surface area contributed by atoms with Crippen LogP contribution in [-0.4, -0.2) is 49.6 Å². The van der Waals surface area contributed by atoms with E-state index in [2.05, 4.69) is 37.0 Å². The number of aryl methyl sites for hydroxylation is 1. The molecule has 1 aromatic carbocycles. The minimum atomic E-state index is -2.59. The van der Waals surface area contributed by atoms with Gasteiger partial charge in [0.1, 0.15) is 17.3 Å². The Morgan fingerprint density at radius 2 is 2.02 bits per heavy atom. The summed E-state index contributed by atoms with van der Waals surface area (Å²) in [7, 11) is 0. The molecule has 42 heavy (non-hydrogen) atoms. The molecular weight excluding hydrogens is 569 g/mol. The van der Waals surface area contributed by atoms with Crippen LogP contribution in [0, 0.1) is 24.2 Å². The number of halogens is 4. The second-order valence-electron chi connectivity index (χ2n) is 11.3. The van der Waals surface area contributed by atoms with Gasteiger partial charge in [-0.25, -0.2) is 18.4 Å². The topological polar surface area (TPSA) is 114 Å². The maximum atomic E-state index is 13.9. The highest BCUT2D eigenvalue weighted by Crippen LogP contribution is 2.48. The van der Waals surface area contributed by atoms with Gasteiger partial charge in [-0.1, -0.05) is 22.9 Å². The van der Waals surface area contributed by atoms with Crippen LogP contribution in [0.2, 0.25) is 5.02 Å². The van der Waals surface area contributed by atoms with E-state index < -0.39 is 29.6 Å². The van der Waals surface area contributed by atoms with E-state index in [1.807, 2.05) is 19.9 Å². The SMILES string of the molecule is Cc1nc(F)ccc1C(Nc1cc(Cl)c2ncc(C#N)c(N[C@H]3CCOC3(C)C)c2c1)c1cn(C2(C(F)F)CC2)nn1. The normalized spacial score (nSPS) is 19.5. The summed E-state index contributed by atoms with van der Waals surface area (Å²) in [5.41, 5.74) is 1.45. The van der Waals surface area contributed by atoms with Crippen molar-refractivity contribution in [2.45, 2.75) is 69.7 Å². The van der Waals surface area contributed by atoms with Gasteiger partial charge in [-0.3, -0.25) is 4.98 Å². The average molecular weight is 597 g/mol. The predicted octanol–water partition coefficient (Wildman–Crippen LogP) is 6.13. The summed E-state index contributed by atoms with van der Waals surface area (Å²) in [5, 5.41) is 26.0. The summed E-state index contributed by atoms with van der Waals surface area (Å²) in [4.78, 5) is 8.39. The minimum absolute atomic E-state index is 0.0640. The van der Waals surface area contributed by atoms with E-state index in [0.29, 0.717) is 69.3 Å². The highest BCUT2D eigenvalue weighted by molar-refractivity contribution is 6.35. The van der Waals surface area contributed by atoms with E-state index in [-0.39, 0.29) is 6.04 Å². The number of aromatic nitrogens is 5. The van der Waals surface area contributed by atoms with Crippen molar-refractivity contribution in [3.63, 3.8) is 0 Å². The second-order valence-corrected chi connectivity index (χ2v) is 11.7. The molecule has 2 atom stereocenters. The fourth-order valence-corrected chi connectivity index (χ4v) is 5.79. The third-order valence-corrected chi connectivity index (χ3v) is 8.52. The maximum Gasteiger partial charge on any atom is 0.263 e. The molecule has 1 saturated heterocycles. The summed E-state index contributed by atoms with van der Waals surface area (Å²) in [6, 6.07) is 7.70. The van der Waals surface area contributed by atoms with Gasteiger partial charge in [0.25, 0.3) is 6.43 Å². The molecule has 6 rings (SSSR count). The summed E-state index contributed by atoms with van der Waals surface area (Å²) < 4.78 is 48.7. The van der Waals surface area contributed by atoms with Crippen molar-refractivity contribution in [3.05, 3.63) is 70.1 Å². The number of nitriles is 1. The lowest BCUT2D eigenvalue weighted by atomic mass is 9.97. The average Bonchev–Trinajstić information content (AvgIpc) is 3.49. The third kappa shape index (κ3) is 4.90. The number of alkyl halides is 2. The molecule has 2 N–H and O–H groups in total. The zero-order chi connectivity index (χ0) is 29.8. The van der Waals surface area contributed by atoms with Crippen molar-refractivity contribution in [2.75, 3.05) is 17.2 Å². The molecule has 4 heterocycles. The molecule has 2 aliphatic rings. The van der Waals surface area contributed by atoms with E-state index >= 15 is 0 Å². The number of hydrogen-bond donors (Lipinski definition) is 2. The minimum Gasteiger partial charge on any atom is -0.378 e. The van der Waals surface area contributed by atoms with Gasteiger partial charge < -0.3 is 15.4 Å². The monoisotopic (exact) mass is 596 g/mol. The molecule has 1 unspecified atom stereocenters. The predicted molar refractivity (Wildman–Crippen MR) is 151 cm³/mol. The number of pyridine rings is 2. The molecule has 0 amide bonds. The van der Waals surface area contributed by atoms with Gasteiger partial charge in [0.2, 0.25) is 5.95 Å². The van der Waals surface area contributed by atoms with Crippen LogP contribution in [0.3, 0.4) is 0 Å². The first kappa shape index (κ1) is 28.2. The van der Waals surface area contributed by atoms with Gasteiger partial charge in [-0.05, 0) is 58.2 Å². The van der Waals surface area contributed by atoms with Crippen molar-refractivity contribution in [2.24, 2.45) is 0 Å². The number of nitrogens with zero attached hydrogens (tertiary/aromatic N) is 6. The number of benzene rings is 1. The number of anilines is 2. The van der Waals surface area contributed by atoms with E-state index in [0.717, 1.165) is 6.42 Å². The smallest absolute Gasteiger partial charge is 0.263 e. The summed E-state index contributed by atoms with van der Waals surface area (Å²) >= 11 is 6.72. The third-order valence-electron chi connectivity index (χ3n) is 8.23. The lowest BCUT2D eigenvalue weighted by molar-refractivity contribution is 0.0315. The van der Waals surface area contributed by atoms with Crippen LogP contribution in [0.1, 0.15) is 61.7 Å². The zero-order valence-electron chi connectivity index (χ0n) is 23.1. The van der Waals surface area contributed by atoms with Gasteiger partial charge in [-0.15, -0.1) is 5.10 Å². The Morgan fingerprint density at radius 3 is 2.67 bits per heavy atom. The fraction of sp³-hybridized carbons (Fsp3) is 0.414. The number of hydrogen-bond acceptors (Lipinski definition) is 8. The molecule has 3 aromatic heterocycles. The van der Waals surface area contributed by atoms with Gasteiger partial charge in [-0.2, -0.15) is 9.65 Å². The molecule has 0 radical (unpaired) electrons. The van der Waals surface area contributed by atoms with Crippen LogP contribution in [0.4, 0.5) is 24.5 Å². The molecule has 1 aliphatic carbocycles. The van der Waals surface area contributed by atoms with E-state index in [9.17, 15) is 18.4 Å². The number of fused-ring (bicyclic) bond motifs is 1. The van der Waals surface area contributed by atoms with E-state index in [1.54, 1.807) is 19.1 Å². The second kappa shape index (κ2) is 10.4. The van der Waals surface area contributed by atoms with Crippen LogP contribution in [0.15, 0.2) is 36.7 Å². The molecule has 0 bridgehead atoms. The lowest BCUT2D eigenvalue weighted by Crippen LogP contribution is -2.38.